The molecule has 2 saturated heterocycles. The molecule has 71 heavy (non-hydrogen) atoms. The van der Waals surface area contributed by atoms with Crippen LogP contribution in [0.4, 0.5) is 62.3 Å². The van der Waals surface area contributed by atoms with E-state index in [9.17, 15) is 88.7 Å². The number of hydrogen-bond donors (Lipinski definition) is 3. The number of hydrogen-bond acceptors (Lipinski definition) is 13. The molecule has 3 amide bonds. The van der Waals surface area contributed by atoms with Gasteiger partial charge in [0.05, 0.1) is 25.6 Å². The lowest BCUT2D eigenvalue weighted by Gasteiger charge is -2.39. The molecule has 2 fully saturated rings. The van der Waals surface area contributed by atoms with Gasteiger partial charge >= 0.3 is 42.9 Å². The Bertz CT molecular complexity index is 2450. The minimum atomic E-state index is -5.81. The Labute approximate surface area is 396 Å². The predicted octanol–water partition coefficient (Wildman–Crippen LogP) is 3.66. The molecule has 35 heteroatoms. The first-order chi connectivity index (χ1) is 32.1. The van der Waals surface area contributed by atoms with Gasteiger partial charge in [0.25, 0.3) is 18.1 Å². The fourth-order valence-corrected chi connectivity index (χ4v) is 8.60. The number of alkyl halides is 12. The van der Waals surface area contributed by atoms with Crippen molar-refractivity contribution in [3.63, 3.8) is 0 Å². The number of rotatable bonds is 7. The topological polar surface area (TPSA) is 262 Å². The molecule has 0 spiro atoms. The van der Waals surface area contributed by atoms with Gasteiger partial charge in [-0.3, -0.25) is 4.79 Å². The van der Waals surface area contributed by atoms with E-state index < -0.39 is 92.1 Å². The molecule has 2 aromatic rings. The van der Waals surface area contributed by atoms with Crippen molar-refractivity contribution in [1.82, 2.24) is 42.8 Å². The number of nitrogens with one attached hydrogen (secondary N) is 1. The van der Waals surface area contributed by atoms with Crippen LogP contribution in [-0.2, 0) is 55.7 Å². The fourth-order valence-electron chi connectivity index (χ4n) is 7.07. The number of likely N-dealkylation sites (tertiary alicyclic amines) is 2. The lowest BCUT2D eigenvalue weighted by atomic mass is 9.89. The first kappa shape index (κ1) is 58.4. The summed E-state index contributed by atoms with van der Waals surface area (Å²) in [6, 6.07) is 0. The van der Waals surface area contributed by atoms with Crippen molar-refractivity contribution in [1.29, 1.82) is 0 Å². The Kier molecular flexibility index (Phi) is 17.4. The van der Waals surface area contributed by atoms with Crippen molar-refractivity contribution in [3.05, 3.63) is 35.4 Å². The Hall–Kier alpha value is -5.16. The third-order valence-electron chi connectivity index (χ3n) is 11.3. The lowest BCUT2D eigenvalue weighted by Crippen LogP contribution is -2.55. The third kappa shape index (κ3) is 16.2. The van der Waals surface area contributed by atoms with E-state index in [4.69, 9.17) is 10.8 Å². The second-order valence-corrected chi connectivity index (χ2v) is 21.3. The highest BCUT2D eigenvalue weighted by molar-refractivity contribution is 7.88. The number of piperidine rings is 2. The summed E-state index contributed by atoms with van der Waals surface area (Å²) >= 11 is 0. The number of nitrogens with zero attached hydrogens (tertiary/aromatic N) is 8. The molecule has 0 bridgehead atoms. The molecule has 0 unspecified atom stereocenters. The van der Waals surface area contributed by atoms with Crippen LogP contribution in [0.2, 0.25) is 0 Å². The van der Waals surface area contributed by atoms with Crippen LogP contribution in [0.15, 0.2) is 12.4 Å². The Morgan fingerprint density at radius 1 is 0.620 bits per heavy atom. The zero-order chi connectivity index (χ0) is 54.1. The minimum Gasteiger partial charge on any atom is -0.476 e. The van der Waals surface area contributed by atoms with Gasteiger partial charge in [-0.1, -0.05) is 0 Å². The van der Waals surface area contributed by atoms with Crippen molar-refractivity contribution < 1.29 is 103 Å². The third-order valence-corrected chi connectivity index (χ3v) is 13.8. The van der Waals surface area contributed by atoms with Gasteiger partial charge in [-0.25, -0.2) is 41.2 Å². The van der Waals surface area contributed by atoms with Gasteiger partial charge in [-0.2, -0.15) is 61.3 Å². The summed E-state index contributed by atoms with van der Waals surface area (Å²) in [7, 11) is -6.68. The molecule has 6 heterocycles. The maximum absolute atomic E-state index is 12.7. The highest BCUT2D eigenvalue weighted by atomic mass is 32.2. The molecule has 6 rings (SSSR count). The zero-order valence-corrected chi connectivity index (χ0v) is 39.4. The van der Waals surface area contributed by atoms with Crippen molar-refractivity contribution in [2.75, 3.05) is 51.8 Å². The lowest BCUT2D eigenvalue weighted by molar-refractivity contribution is -0.309. The van der Waals surface area contributed by atoms with E-state index in [0.29, 0.717) is 36.2 Å². The number of amides is 3. The highest BCUT2D eigenvalue weighted by Crippen LogP contribution is 2.38. The van der Waals surface area contributed by atoms with Crippen LogP contribution in [0.25, 0.3) is 0 Å². The molecular weight excluding hydrogens is 1040 g/mol. The summed E-state index contributed by atoms with van der Waals surface area (Å²) in [6.07, 6.45) is -29.1. The summed E-state index contributed by atoms with van der Waals surface area (Å²) in [5, 5.41) is 11.5. The Morgan fingerprint density at radius 3 is 1.30 bits per heavy atom. The van der Waals surface area contributed by atoms with Crippen LogP contribution >= 0.6 is 0 Å². The van der Waals surface area contributed by atoms with Crippen LogP contribution in [0.5, 0.6) is 0 Å². The number of aromatic carboxylic acids is 1. The number of nitrogens with two attached hydrogens (primary N) is 1. The van der Waals surface area contributed by atoms with E-state index in [1.54, 1.807) is 23.0 Å². The van der Waals surface area contributed by atoms with Crippen LogP contribution in [-0.4, -0.2) is 183 Å². The van der Waals surface area contributed by atoms with E-state index in [1.807, 2.05) is 0 Å². The van der Waals surface area contributed by atoms with Gasteiger partial charge in [0.2, 0.25) is 20.0 Å². The molecule has 4 aliphatic heterocycles. The van der Waals surface area contributed by atoms with Gasteiger partial charge in [-0.05, 0) is 39.5 Å². The van der Waals surface area contributed by atoms with Crippen LogP contribution in [0, 0.1) is 0 Å². The van der Waals surface area contributed by atoms with Crippen LogP contribution < -0.4 is 11.1 Å². The first-order valence-corrected chi connectivity index (χ1v) is 24.3. The molecule has 4 aliphatic rings. The van der Waals surface area contributed by atoms with Gasteiger partial charge < -0.3 is 44.6 Å². The number of aromatic nitrogens is 4. The number of carbonyl (C=O) groups excluding carboxylic acids is 3. The van der Waals surface area contributed by atoms with Crippen molar-refractivity contribution in [2.24, 2.45) is 5.73 Å². The number of ether oxygens (including phenoxy) is 2. The van der Waals surface area contributed by atoms with Gasteiger partial charge in [-0.15, -0.1) is 0 Å². The van der Waals surface area contributed by atoms with E-state index in [1.165, 1.54) is 21.0 Å². The van der Waals surface area contributed by atoms with Crippen molar-refractivity contribution in [3.8, 4) is 0 Å². The molecular formula is C36H48F12N10O11S2. The quantitative estimate of drug-likeness (QED) is 0.335. The molecule has 0 atom stereocenters. The first-order valence-electron chi connectivity index (χ1n) is 20.6. The molecule has 0 radical (unpaired) electrons. The zero-order valence-electron chi connectivity index (χ0n) is 37.7. The SMILES string of the molecule is CC1(N)CCN(C(=O)OC(C(F)(F)F)C(F)(F)F)CC1.CC1(NC(=O)c2cn3c(n2)CN(S(C)(=O)=O)CC3)CCN(C(=O)OC(C(F)(F)F)C(F)(F)F)CC1.CS(=O)(=O)N1CCn2cc(C(=O)O)nc2C1. The molecule has 0 saturated carbocycles. The maximum atomic E-state index is 12.7. The second kappa shape index (κ2) is 21.1. The number of carbonyl (C=O) groups is 4. The van der Waals surface area contributed by atoms with Gasteiger partial charge in [0.1, 0.15) is 17.3 Å². The number of carboxylic acids is 1. The van der Waals surface area contributed by atoms with Crippen molar-refractivity contribution >= 4 is 44.1 Å². The summed E-state index contributed by atoms with van der Waals surface area (Å²) in [6.45, 7) is 4.13. The summed E-state index contributed by atoms with van der Waals surface area (Å²) in [5.74, 6) is -0.856. The second-order valence-electron chi connectivity index (χ2n) is 17.3. The minimum absolute atomic E-state index is 0.00268. The Balaban J connectivity index is 0.000000256. The normalized spacial score (nSPS) is 19.1. The average Bonchev–Trinajstić information content (AvgIpc) is 3.85. The predicted molar refractivity (Wildman–Crippen MR) is 217 cm³/mol. The number of imidazole rings is 2. The van der Waals surface area contributed by atoms with E-state index in [0.717, 1.165) is 17.4 Å². The summed E-state index contributed by atoms with van der Waals surface area (Å²) in [5.41, 5.74) is 4.20. The molecule has 2 aromatic heterocycles. The molecule has 0 aliphatic carbocycles. The summed E-state index contributed by atoms with van der Waals surface area (Å²) < 4.78 is 208. The van der Waals surface area contributed by atoms with E-state index in [-0.39, 0.29) is 82.9 Å². The summed E-state index contributed by atoms with van der Waals surface area (Å²) in [4.78, 5) is 56.3. The largest absolute Gasteiger partial charge is 0.476 e. The number of fused-ring (bicyclic) bond motifs is 2. The Morgan fingerprint density at radius 2 is 0.958 bits per heavy atom. The van der Waals surface area contributed by atoms with Crippen molar-refractivity contribution in [2.45, 2.75) is 114 Å². The molecule has 4 N–H and O–H groups in total. The monoisotopic (exact) mass is 1090 g/mol. The molecule has 404 valence electrons. The van der Waals surface area contributed by atoms with E-state index >= 15 is 0 Å². The number of sulfonamides is 2. The molecule has 21 nitrogen and oxygen atoms in total. The average molecular weight is 1090 g/mol. The number of carboxylic acid groups (broad SMARTS) is 1. The highest BCUT2D eigenvalue weighted by Gasteiger charge is 2.61. The fraction of sp³-hybridized carbons (Fsp3) is 0.722. The van der Waals surface area contributed by atoms with Crippen LogP contribution in [0.1, 0.15) is 72.2 Å². The number of halogens is 12. The molecule has 0 aromatic carbocycles. The standard InChI is InChI=1S/C18H23F6N5O5S.C10H14F6N2O2.C8H11N3O4S/c1-16(3-5-27(6-4-16)15(31)34-14(17(19,20)21)18(22,23)24)26-13(30)11-9-28-7-8-29(35(2,32)33)10-12(28)25-11;1-8(17)2-4-18(5-3-8)7(19)20-6(9(11,12)13)10(14,15)16;1-16(14,15)11-3-2-10-4-6(8(12)13)9-7(10)5-11/h9,14H,3-8,10H2,1-2H3,(H,26,30);6H,2-5,17H2,1H3;4H,2-3,5H2,1H3,(H,12,13). The van der Waals surface area contributed by atoms with Crippen LogP contribution in [0.3, 0.4) is 0 Å². The maximum Gasteiger partial charge on any atom is 0.434 e. The van der Waals surface area contributed by atoms with Gasteiger partial charge in [0, 0.05) is 75.8 Å². The van der Waals surface area contributed by atoms with E-state index in [2.05, 4.69) is 24.8 Å². The van der Waals surface area contributed by atoms with Gasteiger partial charge in [0.15, 0.2) is 5.69 Å². The smallest absolute Gasteiger partial charge is 0.434 e.